The predicted octanol–water partition coefficient (Wildman–Crippen LogP) is 1.56. The molecule has 2 rings (SSSR count). The summed E-state index contributed by atoms with van der Waals surface area (Å²) in [7, 11) is 4.90. The van der Waals surface area contributed by atoms with Crippen molar-refractivity contribution in [1.82, 2.24) is 4.57 Å². The fourth-order valence-electron chi connectivity index (χ4n) is 1.70. The zero-order valence-corrected chi connectivity index (χ0v) is 9.48. The number of pyridine rings is 1. The van der Waals surface area contributed by atoms with Crippen LogP contribution in [0.15, 0.2) is 29.1 Å². The van der Waals surface area contributed by atoms with Gasteiger partial charge in [0.05, 0.1) is 19.7 Å². The van der Waals surface area contributed by atoms with Gasteiger partial charge in [0.25, 0.3) is 5.56 Å². The molecular formula is C12H13NO3. The van der Waals surface area contributed by atoms with E-state index < -0.39 is 0 Å². The second-order valence-corrected chi connectivity index (χ2v) is 3.50. The third-order valence-electron chi connectivity index (χ3n) is 2.63. The molecule has 0 aliphatic carbocycles. The lowest BCUT2D eigenvalue weighted by Gasteiger charge is -2.10. The maximum atomic E-state index is 11.5. The molecule has 84 valence electrons. The van der Waals surface area contributed by atoms with Crippen LogP contribution >= 0.6 is 0 Å². The minimum Gasteiger partial charge on any atom is -0.493 e. The summed E-state index contributed by atoms with van der Waals surface area (Å²) in [5.74, 6) is 1.28. The predicted molar refractivity (Wildman–Crippen MR) is 62.3 cm³/mol. The topological polar surface area (TPSA) is 40.5 Å². The number of aromatic nitrogens is 1. The Kier molecular flexibility index (Phi) is 2.56. The summed E-state index contributed by atoms with van der Waals surface area (Å²) in [5.41, 5.74) is 0.782. The molecule has 0 bridgehead atoms. The third-order valence-corrected chi connectivity index (χ3v) is 2.63. The van der Waals surface area contributed by atoms with Gasteiger partial charge in [0.15, 0.2) is 11.5 Å². The van der Waals surface area contributed by atoms with Crippen molar-refractivity contribution in [2.75, 3.05) is 14.2 Å². The van der Waals surface area contributed by atoms with Crippen LogP contribution < -0.4 is 15.0 Å². The number of rotatable bonds is 2. The number of hydrogen-bond acceptors (Lipinski definition) is 3. The SMILES string of the molecule is COc1cc2ccc(=O)n(C)c2cc1OC. The zero-order valence-electron chi connectivity index (χ0n) is 9.48. The molecule has 4 heteroatoms. The first-order valence-electron chi connectivity index (χ1n) is 4.89. The Balaban J connectivity index is 2.83. The second-order valence-electron chi connectivity index (χ2n) is 3.50. The van der Waals surface area contributed by atoms with Gasteiger partial charge in [-0.25, -0.2) is 0 Å². The minimum atomic E-state index is -0.0419. The molecule has 0 aliphatic heterocycles. The Morgan fingerprint density at radius 2 is 1.69 bits per heavy atom. The molecule has 0 amide bonds. The molecule has 0 spiro atoms. The van der Waals surface area contributed by atoms with Crippen LogP contribution in [0, 0.1) is 0 Å². The van der Waals surface area contributed by atoms with Crippen LogP contribution in [0.3, 0.4) is 0 Å². The molecule has 0 atom stereocenters. The number of benzene rings is 1. The monoisotopic (exact) mass is 219 g/mol. The fourth-order valence-corrected chi connectivity index (χ4v) is 1.70. The number of fused-ring (bicyclic) bond motifs is 1. The fraction of sp³-hybridized carbons (Fsp3) is 0.250. The quantitative estimate of drug-likeness (QED) is 0.769. The van der Waals surface area contributed by atoms with Crippen LogP contribution in [0.25, 0.3) is 10.9 Å². The Labute approximate surface area is 93.0 Å². The van der Waals surface area contributed by atoms with E-state index in [1.807, 2.05) is 6.07 Å². The average Bonchev–Trinajstić information content (AvgIpc) is 2.32. The van der Waals surface area contributed by atoms with Gasteiger partial charge in [0.1, 0.15) is 0 Å². The molecule has 1 heterocycles. The molecule has 0 N–H and O–H groups in total. The van der Waals surface area contributed by atoms with Gasteiger partial charge in [-0.15, -0.1) is 0 Å². The van der Waals surface area contributed by atoms with E-state index in [0.717, 1.165) is 10.9 Å². The first kappa shape index (κ1) is 10.5. The van der Waals surface area contributed by atoms with Gasteiger partial charge in [-0.05, 0) is 12.1 Å². The minimum absolute atomic E-state index is 0.0419. The number of ether oxygens (including phenoxy) is 2. The van der Waals surface area contributed by atoms with Gasteiger partial charge in [-0.1, -0.05) is 0 Å². The molecule has 0 saturated heterocycles. The molecule has 4 nitrogen and oxygen atoms in total. The summed E-state index contributed by atoms with van der Waals surface area (Å²) in [6.45, 7) is 0. The second kappa shape index (κ2) is 3.89. The molecule has 1 aromatic heterocycles. The normalized spacial score (nSPS) is 10.4. The van der Waals surface area contributed by atoms with Crippen LogP contribution in [0.4, 0.5) is 0 Å². The summed E-state index contributed by atoms with van der Waals surface area (Å²) in [6.07, 6.45) is 0. The maximum absolute atomic E-state index is 11.5. The number of aryl methyl sites for hydroxylation is 1. The van der Waals surface area contributed by atoms with E-state index in [0.29, 0.717) is 11.5 Å². The van der Waals surface area contributed by atoms with Crippen molar-refractivity contribution in [3.05, 3.63) is 34.6 Å². The van der Waals surface area contributed by atoms with E-state index in [4.69, 9.17) is 9.47 Å². The van der Waals surface area contributed by atoms with Crippen molar-refractivity contribution in [2.45, 2.75) is 0 Å². The molecule has 0 unspecified atom stereocenters. The molecule has 0 radical (unpaired) electrons. The van der Waals surface area contributed by atoms with E-state index >= 15 is 0 Å². The first-order chi connectivity index (χ1) is 7.67. The van der Waals surface area contributed by atoms with E-state index in [-0.39, 0.29) is 5.56 Å². The van der Waals surface area contributed by atoms with E-state index in [9.17, 15) is 4.79 Å². The van der Waals surface area contributed by atoms with Crippen molar-refractivity contribution in [1.29, 1.82) is 0 Å². The molecular weight excluding hydrogens is 206 g/mol. The summed E-state index contributed by atoms with van der Waals surface area (Å²) < 4.78 is 12.0. The summed E-state index contributed by atoms with van der Waals surface area (Å²) in [5, 5.41) is 0.944. The van der Waals surface area contributed by atoms with Crippen molar-refractivity contribution in [3.8, 4) is 11.5 Å². The maximum Gasteiger partial charge on any atom is 0.250 e. The lowest BCUT2D eigenvalue weighted by atomic mass is 10.2. The number of nitrogens with zero attached hydrogens (tertiary/aromatic N) is 1. The standard InChI is InChI=1S/C12H13NO3/c1-13-9-7-11(16-3)10(15-2)6-8(9)4-5-12(13)14/h4-7H,1-3H3. The summed E-state index contributed by atoms with van der Waals surface area (Å²) >= 11 is 0. The average molecular weight is 219 g/mol. The third kappa shape index (κ3) is 1.52. The highest BCUT2D eigenvalue weighted by Crippen LogP contribution is 2.31. The van der Waals surface area contributed by atoms with Gasteiger partial charge in [-0.3, -0.25) is 4.79 Å². The van der Waals surface area contributed by atoms with Gasteiger partial charge < -0.3 is 14.0 Å². The van der Waals surface area contributed by atoms with Gasteiger partial charge in [0, 0.05) is 24.6 Å². The van der Waals surface area contributed by atoms with Crippen LogP contribution in [-0.2, 0) is 7.05 Å². The van der Waals surface area contributed by atoms with Crippen molar-refractivity contribution >= 4 is 10.9 Å². The summed E-state index contributed by atoms with van der Waals surface area (Å²) in [6, 6.07) is 6.97. The van der Waals surface area contributed by atoms with Gasteiger partial charge in [0.2, 0.25) is 0 Å². The first-order valence-corrected chi connectivity index (χ1v) is 4.89. The number of hydrogen-bond donors (Lipinski definition) is 0. The molecule has 16 heavy (non-hydrogen) atoms. The molecule has 2 aromatic rings. The highest BCUT2D eigenvalue weighted by atomic mass is 16.5. The molecule has 0 fully saturated rings. The van der Waals surface area contributed by atoms with Crippen LogP contribution in [0.5, 0.6) is 11.5 Å². The van der Waals surface area contributed by atoms with Gasteiger partial charge in [-0.2, -0.15) is 0 Å². The Morgan fingerprint density at radius 3 is 2.31 bits per heavy atom. The van der Waals surface area contributed by atoms with Crippen molar-refractivity contribution < 1.29 is 9.47 Å². The van der Waals surface area contributed by atoms with E-state index in [2.05, 4.69) is 0 Å². The van der Waals surface area contributed by atoms with Crippen molar-refractivity contribution in [2.24, 2.45) is 7.05 Å². The Morgan fingerprint density at radius 1 is 1.06 bits per heavy atom. The molecule has 0 aliphatic rings. The Bertz CT molecular complexity index is 587. The van der Waals surface area contributed by atoms with Crippen molar-refractivity contribution in [3.63, 3.8) is 0 Å². The lowest BCUT2D eigenvalue weighted by molar-refractivity contribution is 0.355. The van der Waals surface area contributed by atoms with Crippen LogP contribution in [-0.4, -0.2) is 18.8 Å². The molecule has 1 aromatic carbocycles. The van der Waals surface area contributed by atoms with Crippen LogP contribution in [0.1, 0.15) is 0 Å². The largest absolute Gasteiger partial charge is 0.493 e. The van der Waals surface area contributed by atoms with E-state index in [1.165, 1.54) is 6.07 Å². The molecule has 0 saturated carbocycles. The summed E-state index contributed by atoms with van der Waals surface area (Å²) in [4.78, 5) is 11.5. The van der Waals surface area contributed by atoms with E-state index in [1.54, 1.807) is 38.0 Å². The zero-order chi connectivity index (χ0) is 11.7. The lowest BCUT2D eigenvalue weighted by Crippen LogP contribution is -2.15. The van der Waals surface area contributed by atoms with Gasteiger partial charge >= 0.3 is 0 Å². The highest BCUT2D eigenvalue weighted by molar-refractivity contribution is 5.83. The van der Waals surface area contributed by atoms with Crippen LogP contribution in [0.2, 0.25) is 0 Å². The number of methoxy groups -OCH3 is 2. The smallest absolute Gasteiger partial charge is 0.250 e. The highest BCUT2D eigenvalue weighted by Gasteiger charge is 2.07. The Hall–Kier alpha value is -1.97.